The van der Waals surface area contributed by atoms with Crippen molar-refractivity contribution in [3.63, 3.8) is 0 Å². The SMILES string of the molecule is COc1c(C)cnc(CC(C)(C)CNC2CC2)c1C. The second-order valence-corrected chi connectivity index (χ2v) is 6.54. The topological polar surface area (TPSA) is 34.1 Å². The van der Waals surface area contributed by atoms with E-state index in [-0.39, 0.29) is 5.41 Å². The molecule has 1 N–H and O–H groups in total. The monoisotopic (exact) mass is 262 g/mol. The highest BCUT2D eigenvalue weighted by Gasteiger charge is 2.26. The van der Waals surface area contributed by atoms with Gasteiger partial charge in [-0.15, -0.1) is 0 Å². The minimum absolute atomic E-state index is 0.223. The van der Waals surface area contributed by atoms with Crippen LogP contribution in [0.3, 0.4) is 0 Å². The fourth-order valence-electron chi connectivity index (χ4n) is 2.47. The van der Waals surface area contributed by atoms with Gasteiger partial charge in [0, 0.05) is 35.6 Å². The van der Waals surface area contributed by atoms with Crippen LogP contribution in [-0.2, 0) is 6.42 Å². The lowest BCUT2D eigenvalue weighted by molar-refractivity contribution is 0.331. The number of hydrogen-bond donors (Lipinski definition) is 1. The Balaban J connectivity index is 2.08. The Morgan fingerprint density at radius 2 is 2.05 bits per heavy atom. The smallest absolute Gasteiger partial charge is 0.128 e. The first-order chi connectivity index (χ1) is 8.93. The molecule has 3 heteroatoms. The van der Waals surface area contributed by atoms with Crippen LogP contribution in [0.4, 0.5) is 0 Å². The summed E-state index contributed by atoms with van der Waals surface area (Å²) in [6.07, 6.45) is 5.58. The van der Waals surface area contributed by atoms with Gasteiger partial charge in [-0.05, 0) is 38.5 Å². The molecular formula is C16H26N2O. The number of rotatable bonds is 6. The summed E-state index contributed by atoms with van der Waals surface area (Å²) in [7, 11) is 1.74. The molecule has 3 nitrogen and oxygen atoms in total. The van der Waals surface area contributed by atoms with Crippen molar-refractivity contribution in [1.82, 2.24) is 10.3 Å². The number of aromatic nitrogens is 1. The number of nitrogens with one attached hydrogen (secondary N) is 1. The lowest BCUT2D eigenvalue weighted by Gasteiger charge is -2.26. The standard InChI is InChI=1S/C16H26N2O/c1-11-9-17-14(12(2)15(11)19-5)8-16(3,4)10-18-13-6-7-13/h9,13,18H,6-8,10H2,1-5H3. The highest BCUT2D eigenvalue weighted by molar-refractivity contribution is 5.41. The normalized spacial score (nSPS) is 15.6. The Kier molecular flexibility index (Phi) is 4.14. The Morgan fingerprint density at radius 3 is 2.63 bits per heavy atom. The van der Waals surface area contributed by atoms with Gasteiger partial charge in [-0.25, -0.2) is 0 Å². The summed E-state index contributed by atoms with van der Waals surface area (Å²) in [4.78, 5) is 4.61. The maximum absolute atomic E-state index is 5.48. The molecule has 1 aliphatic rings. The third-order valence-corrected chi connectivity index (χ3v) is 3.84. The Bertz CT molecular complexity index is 450. The van der Waals surface area contributed by atoms with Gasteiger partial charge in [0.15, 0.2) is 0 Å². The minimum atomic E-state index is 0.223. The molecule has 0 radical (unpaired) electrons. The molecule has 0 bridgehead atoms. The van der Waals surface area contributed by atoms with E-state index in [0.29, 0.717) is 0 Å². The van der Waals surface area contributed by atoms with E-state index >= 15 is 0 Å². The maximum Gasteiger partial charge on any atom is 0.128 e. The predicted molar refractivity (Wildman–Crippen MR) is 78.8 cm³/mol. The molecule has 0 aromatic carbocycles. The Labute approximate surface area is 116 Å². The lowest BCUT2D eigenvalue weighted by Crippen LogP contribution is -2.33. The summed E-state index contributed by atoms with van der Waals surface area (Å²) in [6.45, 7) is 9.81. The number of methoxy groups -OCH3 is 1. The van der Waals surface area contributed by atoms with Crippen LogP contribution in [0.5, 0.6) is 5.75 Å². The van der Waals surface area contributed by atoms with Gasteiger partial charge in [0.2, 0.25) is 0 Å². The summed E-state index contributed by atoms with van der Waals surface area (Å²) < 4.78 is 5.48. The first kappa shape index (κ1) is 14.3. The average molecular weight is 262 g/mol. The maximum atomic E-state index is 5.48. The van der Waals surface area contributed by atoms with Gasteiger partial charge in [-0.2, -0.15) is 0 Å². The molecule has 0 spiro atoms. The number of aryl methyl sites for hydroxylation is 1. The molecule has 106 valence electrons. The van der Waals surface area contributed by atoms with E-state index in [4.69, 9.17) is 4.74 Å². The van der Waals surface area contributed by atoms with Gasteiger partial charge < -0.3 is 10.1 Å². The Morgan fingerprint density at radius 1 is 1.37 bits per heavy atom. The number of hydrogen-bond acceptors (Lipinski definition) is 3. The average Bonchev–Trinajstić information content (AvgIpc) is 3.15. The van der Waals surface area contributed by atoms with Gasteiger partial charge in [-0.3, -0.25) is 4.98 Å². The molecule has 0 atom stereocenters. The minimum Gasteiger partial charge on any atom is -0.496 e. The molecule has 0 aliphatic heterocycles. The first-order valence-corrected chi connectivity index (χ1v) is 7.15. The van der Waals surface area contributed by atoms with E-state index in [0.717, 1.165) is 36.0 Å². The molecule has 19 heavy (non-hydrogen) atoms. The van der Waals surface area contributed by atoms with E-state index < -0.39 is 0 Å². The molecule has 0 amide bonds. The molecule has 1 aromatic rings. The first-order valence-electron chi connectivity index (χ1n) is 7.15. The summed E-state index contributed by atoms with van der Waals surface area (Å²) in [5, 5.41) is 3.62. The molecule has 1 heterocycles. The molecule has 0 saturated heterocycles. The summed E-state index contributed by atoms with van der Waals surface area (Å²) in [5.41, 5.74) is 3.67. The largest absolute Gasteiger partial charge is 0.496 e. The van der Waals surface area contributed by atoms with E-state index in [1.807, 2.05) is 13.1 Å². The molecule has 0 unspecified atom stereocenters. The quantitative estimate of drug-likeness (QED) is 0.855. The van der Waals surface area contributed by atoms with Crippen molar-refractivity contribution in [2.45, 2.75) is 53.0 Å². The number of nitrogens with zero attached hydrogens (tertiary/aromatic N) is 1. The van der Waals surface area contributed by atoms with Crippen molar-refractivity contribution >= 4 is 0 Å². The van der Waals surface area contributed by atoms with Crippen LogP contribution in [-0.4, -0.2) is 24.7 Å². The van der Waals surface area contributed by atoms with E-state index in [2.05, 4.69) is 31.1 Å². The zero-order chi connectivity index (χ0) is 14.0. The molecule has 1 fully saturated rings. The van der Waals surface area contributed by atoms with Crippen LogP contribution in [0, 0.1) is 19.3 Å². The second-order valence-electron chi connectivity index (χ2n) is 6.54. The van der Waals surface area contributed by atoms with Gasteiger partial charge in [0.1, 0.15) is 5.75 Å². The van der Waals surface area contributed by atoms with Crippen LogP contribution in [0.2, 0.25) is 0 Å². The zero-order valence-corrected chi connectivity index (χ0v) is 12.8. The van der Waals surface area contributed by atoms with Gasteiger partial charge in [0.05, 0.1) is 7.11 Å². The van der Waals surface area contributed by atoms with Crippen molar-refractivity contribution in [3.05, 3.63) is 23.0 Å². The molecule has 1 aliphatic carbocycles. The van der Waals surface area contributed by atoms with Gasteiger partial charge >= 0.3 is 0 Å². The second kappa shape index (κ2) is 5.49. The molecule has 1 aromatic heterocycles. The molecule has 2 rings (SSSR count). The highest BCUT2D eigenvalue weighted by atomic mass is 16.5. The number of pyridine rings is 1. The lowest BCUT2D eigenvalue weighted by atomic mass is 9.86. The highest BCUT2D eigenvalue weighted by Crippen LogP contribution is 2.29. The molecule has 1 saturated carbocycles. The summed E-state index contributed by atoms with van der Waals surface area (Å²) in [6, 6.07) is 0.765. The Hall–Kier alpha value is -1.09. The van der Waals surface area contributed by atoms with Gasteiger partial charge in [-0.1, -0.05) is 13.8 Å². The van der Waals surface area contributed by atoms with E-state index in [1.54, 1.807) is 7.11 Å². The summed E-state index contributed by atoms with van der Waals surface area (Å²) >= 11 is 0. The van der Waals surface area contributed by atoms with Crippen molar-refractivity contribution in [2.24, 2.45) is 5.41 Å². The fraction of sp³-hybridized carbons (Fsp3) is 0.688. The van der Waals surface area contributed by atoms with Crippen molar-refractivity contribution in [2.75, 3.05) is 13.7 Å². The zero-order valence-electron chi connectivity index (χ0n) is 12.8. The van der Waals surface area contributed by atoms with Crippen LogP contribution >= 0.6 is 0 Å². The van der Waals surface area contributed by atoms with E-state index in [9.17, 15) is 0 Å². The van der Waals surface area contributed by atoms with Crippen molar-refractivity contribution in [1.29, 1.82) is 0 Å². The third-order valence-electron chi connectivity index (χ3n) is 3.84. The van der Waals surface area contributed by atoms with Crippen LogP contribution in [0.15, 0.2) is 6.20 Å². The van der Waals surface area contributed by atoms with E-state index in [1.165, 1.54) is 18.4 Å². The van der Waals surface area contributed by atoms with Crippen LogP contribution in [0.25, 0.3) is 0 Å². The van der Waals surface area contributed by atoms with Gasteiger partial charge in [0.25, 0.3) is 0 Å². The fourth-order valence-corrected chi connectivity index (χ4v) is 2.47. The predicted octanol–water partition coefficient (Wildman–Crippen LogP) is 3.03. The molecular weight excluding hydrogens is 236 g/mol. The van der Waals surface area contributed by atoms with Crippen LogP contribution in [0.1, 0.15) is 43.5 Å². The third kappa shape index (κ3) is 3.69. The van der Waals surface area contributed by atoms with Crippen molar-refractivity contribution < 1.29 is 4.74 Å². The summed E-state index contributed by atoms with van der Waals surface area (Å²) in [5.74, 6) is 0.982. The number of ether oxygens (including phenoxy) is 1. The van der Waals surface area contributed by atoms with Crippen molar-refractivity contribution in [3.8, 4) is 5.75 Å². The van der Waals surface area contributed by atoms with Crippen LogP contribution < -0.4 is 10.1 Å².